The lowest BCUT2D eigenvalue weighted by molar-refractivity contribution is -0.146. The number of nitrogens with one attached hydrogen (secondary N) is 2. The van der Waals surface area contributed by atoms with E-state index in [-0.39, 0.29) is 5.78 Å². The monoisotopic (exact) mass is 278 g/mol. The summed E-state index contributed by atoms with van der Waals surface area (Å²) in [7, 11) is 1.25. The first-order valence-corrected chi connectivity index (χ1v) is 6.05. The number of benzene rings is 1. The molecule has 1 aromatic rings. The van der Waals surface area contributed by atoms with Gasteiger partial charge in [-0.25, -0.2) is 9.59 Å². The first kappa shape index (κ1) is 15.7. The summed E-state index contributed by atoms with van der Waals surface area (Å²) in [6, 6.07) is 5.92. The molecule has 0 atom stereocenters. The molecule has 1 aromatic carbocycles. The topological polar surface area (TPSA) is 84.5 Å². The van der Waals surface area contributed by atoms with E-state index in [2.05, 4.69) is 15.4 Å². The number of Topliss-reactive ketones (excluding diaryl/α,β-unsaturated/α-hetero) is 1. The van der Waals surface area contributed by atoms with Crippen molar-refractivity contribution < 1.29 is 19.1 Å². The van der Waals surface area contributed by atoms with Gasteiger partial charge in [0.15, 0.2) is 5.78 Å². The summed E-state index contributed by atoms with van der Waals surface area (Å²) >= 11 is 0. The second-order valence-corrected chi connectivity index (χ2v) is 4.83. The van der Waals surface area contributed by atoms with Crippen molar-refractivity contribution in [3.05, 3.63) is 29.8 Å². The normalized spacial score (nSPS) is 10.6. The first-order valence-electron chi connectivity index (χ1n) is 6.05. The number of carbonyl (C=O) groups excluding carboxylic acids is 3. The van der Waals surface area contributed by atoms with Crippen LogP contribution in [0.25, 0.3) is 0 Å². The van der Waals surface area contributed by atoms with Crippen LogP contribution in [-0.4, -0.2) is 30.4 Å². The van der Waals surface area contributed by atoms with E-state index in [1.807, 2.05) is 0 Å². The summed E-state index contributed by atoms with van der Waals surface area (Å²) in [4.78, 5) is 34.3. The van der Waals surface area contributed by atoms with Crippen LogP contribution in [0.2, 0.25) is 0 Å². The first-order chi connectivity index (χ1) is 9.26. The second kappa shape index (κ2) is 6.18. The highest BCUT2D eigenvalue weighted by Gasteiger charge is 2.30. The molecule has 0 spiro atoms. The number of rotatable bonds is 4. The van der Waals surface area contributed by atoms with E-state index >= 15 is 0 Å². The summed E-state index contributed by atoms with van der Waals surface area (Å²) < 4.78 is 4.59. The number of esters is 1. The summed E-state index contributed by atoms with van der Waals surface area (Å²) in [5, 5.41) is 5.08. The molecule has 0 saturated heterocycles. The zero-order valence-electron chi connectivity index (χ0n) is 11.9. The summed E-state index contributed by atoms with van der Waals surface area (Å²) in [5.74, 6) is -0.590. The van der Waals surface area contributed by atoms with E-state index in [1.165, 1.54) is 27.9 Å². The molecule has 0 saturated carbocycles. The second-order valence-electron chi connectivity index (χ2n) is 4.83. The number of ether oxygens (including phenoxy) is 1. The van der Waals surface area contributed by atoms with Crippen LogP contribution < -0.4 is 10.6 Å². The van der Waals surface area contributed by atoms with Crippen molar-refractivity contribution in [2.75, 3.05) is 12.4 Å². The fraction of sp³-hybridized carbons (Fsp3) is 0.357. The molecule has 1 rings (SSSR count). The van der Waals surface area contributed by atoms with Crippen molar-refractivity contribution in [2.24, 2.45) is 0 Å². The molecular weight excluding hydrogens is 260 g/mol. The van der Waals surface area contributed by atoms with E-state index in [0.29, 0.717) is 11.3 Å². The average Bonchev–Trinajstić information content (AvgIpc) is 2.37. The zero-order chi connectivity index (χ0) is 15.3. The predicted molar refractivity (Wildman–Crippen MR) is 74.7 cm³/mol. The Morgan fingerprint density at radius 3 is 2.10 bits per heavy atom. The van der Waals surface area contributed by atoms with Crippen molar-refractivity contribution in [1.82, 2.24) is 5.32 Å². The van der Waals surface area contributed by atoms with Gasteiger partial charge in [-0.2, -0.15) is 0 Å². The molecule has 2 N–H and O–H groups in total. The summed E-state index contributed by atoms with van der Waals surface area (Å²) in [5.41, 5.74) is -0.0444. The van der Waals surface area contributed by atoms with Crippen LogP contribution in [0, 0.1) is 0 Å². The third-order valence-corrected chi connectivity index (χ3v) is 2.67. The highest BCUT2D eigenvalue weighted by Crippen LogP contribution is 2.11. The van der Waals surface area contributed by atoms with Crippen molar-refractivity contribution in [3.8, 4) is 0 Å². The van der Waals surface area contributed by atoms with Gasteiger partial charge >= 0.3 is 12.0 Å². The van der Waals surface area contributed by atoms with E-state index in [9.17, 15) is 14.4 Å². The lowest BCUT2D eigenvalue weighted by Crippen LogP contribution is -2.51. The van der Waals surface area contributed by atoms with Crippen LogP contribution >= 0.6 is 0 Å². The Labute approximate surface area is 117 Å². The molecule has 108 valence electrons. The molecule has 0 aliphatic carbocycles. The van der Waals surface area contributed by atoms with Crippen LogP contribution in [0.15, 0.2) is 24.3 Å². The lowest BCUT2D eigenvalue weighted by atomic mass is 10.1. The molecule has 0 fully saturated rings. The number of hydrogen-bond donors (Lipinski definition) is 2. The number of ketones is 1. The van der Waals surface area contributed by atoms with Crippen LogP contribution in [0.1, 0.15) is 31.1 Å². The molecule has 0 unspecified atom stereocenters. The molecule has 0 aromatic heterocycles. The minimum absolute atomic E-state index is 0.0483. The number of amides is 2. The lowest BCUT2D eigenvalue weighted by Gasteiger charge is -2.23. The van der Waals surface area contributed by atoms with Gasteiger partial charge < -0.3 is 15.4 Å². The summed E-state index contributed by atoms with van der Waals surface area (Å²) in [6.07, 6.45) is 0. The van der Waals surface area contributed by atoms with Gasteiger partial charge in [0, 0.05) is 11.3 Å². The Hall–Kier alpha value is -2.37. The van der Waals surface area contributed by atoms with Crippen LogP contribution in [0.4, 0.5) is 10.5 Å². The zero-order valence-corrected chi connectivity index (χ0v) is 11.9. The maximum atomic E-state index is 11.8. The molecule has 0 aliphatic rings. The molecular formula is C14H18N2O4. The fourth-order valence-electron chi connectivity index (χ4n) is 1.54. The van der Waals surface area contributed by atoms with Crippen molar-refractivity contribution in [3.63, 3.8) is 0 Å². The number of carbonyl (C=O) groups is 3. The van der Waals surface area contributed by atoms with Crippen molar-refractivity contribution >= 4 is 23.5 Å². The van der Waals surface area contributed by atoms with E-state index in [1.54, 1.807) is 24.3 Å². The molecule has 6 nitrogen and oxygen atoms in total. The Morgan fingerprint density at radius 2 is 1.65 bits per heavy atom. The smallest absolute Gasteiger partial charge is 0.331 e. The average molecular weight is 278 g/mol. The van der Waals surface area contributed by atoms with Gasteiger partial charge in [0.05, 0.1) is 7.11 Å². The number of methoxy groups -OCH3 is 1. The maximum absolute atomic E-state index is 11.8. The molecule has 0 heterocycles. The molecule has 0 bridgehead atoms. The van der Waals surface area contributed by atoms with Gasteiger partial charge in [0.2, 0.25) is 0 Å². The number of hydrogen-bond acceptors (Lipinski definition) is 4. The van der Waals surface area contributed by atoms with E-state index < -0.39 is 17.5 Å². The largest absolute Gasteiger partial charge is 0.467 e. The van der Waals surface area contributed by atoms with Crippen molar-refractivity contribution in [2.45, 2.75) is 26.3 Å². The molecule has 0 aliphatic heterocycles. The standard InChI is InChI=1S/C14H18N2O4/c1-9(17)10-5-7-11(8-6-10)15-13(19)16-14(2,3)12(18)20-4/h5-8H,1-4H3,(H2,15,16,19). The molecule has 0 radical (unpaired) electrons. The minimum atomic E-state index is -1.13. The van der Waals surface area contributed by atoms with E-state index in [0.717, 1.165) is 0 Å². The Balaban J connectivity index is 2.67. The third kappa shape index (κ3) is 4.08. The SMILES string of the molecule is COC(=O)C(C)(C)NC(=O)Nc1ccc(C(C)=O)cc1. The Bertz CT molecular complexity index is 520. The Kier molecular flexibility index (Phi) is 4.85. The van der Waals surface area contributed by atoms with Crippen LogP contribution in [-0.2, 0) is 9.53 Å². The fourth-order valence-corrected chi connectivity index (χ4v) is 1.54. The summed E-state index contributed by atoms with van der Waals surface area (Å²) in [6.45, 7) is 4.54. The van der Waals surface area contributed by atoms with Crippen LogP contribution in [0.3, 0.4) is 0 Å². The van der Waals surface area contributed by atoms with Gasteiger partial charge in [0.25, 0.3) is 0 Å². The van der Waals surface area contributed by atoms with Gasteiger partial charge in [-0.15, -0.1) is 0 Å². The van der Waals surface area contributed by atoms with Gasteiger partial charge in [-0.3, -0.25) is 4.79 Å². The molecule has 2 amide bonds. The maximum Gasteiger partial charge on any atom is 0.331 e. The van der Waals surface area contributed by atoms with Gasteiger partial charge in [-0.05, 0) is 45.0 Å². The van der Waals surface area contributed by atoms with Gasteiger partial charge in [-0.1, -0.05) is 0 Å². The van der Waals surface area contributed by atoms with Crippen LogP contribution in [0.5, 0.6) is 0 Å². The highest BCUT2D eigenvalue weighted by atomic mass is 16.5. The number of anilines is 1. The minimum Gasteiger partial charge on any atom is -0.467 e. The quantitative estimate of drug-likeness (QED) is 0.651. The molecule has 20 heavy (non-hydrogen) atoms. The van der Waals surface area contributed by atoms with E-state index in [4.69, 9.17) is 0 Å². The Morgan fingerprint density at radius 1 is 1.10 bits per heavy atom. The third-order valence-electron chi connectivity index (χ3n) is 2.67. The number of urea groups is 1. The predicted octanol–water partition coefficient (Wildman–Crippen LogP) is 1.96. The van der Waals surface area contributed by atoms with Crippen molar-refractivity contribution in [1.29, 1.82) is 0 Å². The highest BCUT2D eigenvalue weighted by molar-refractivity contribution is 5.96. The molecule has 6 heteroatoms. The van der Waals surface area contributed by atoms with Gasteiger partial charge in [0.1, 0.15) is 5.54 Å².